The quantitative estimate of drug-likeness (QED) is 0.704. The van der Waals surface area contributed by atoms with Crippen LogP contribution >= 0.6 is 0 Å². The van der Waals surface area contributed by atoms with Gasteiger partial charge < -0.3 is 10.0 Å². The first-order valence-electron chi connectivity index (χ1n) is 4.95. The third kappa shape index (κ3) is 2.99. The lowest BCUT2D eigenvalue weighted by molar-refractivity contribution is -0.143. The fourth-order valence-electron chi connectivity index (χ4n) is 1.46. The number of carbonyl (C=O) groups is 1. The van der Waals surface area contributed by atoms with Crippen molar-refractivity contribution < 1.29 is 9.90 Å². The van der Waals surface area contributed by atoms with Crippen LogP contribution in [0.4, 0.5) is 0 Å². The zero-order chi connectivity index (χ0) is 10.0. The molecular formula is C10H19NO2. The van der Waals surface area contributed by atoms with Crippen molar-refractivity contribution in [3.05, 3.63) is 0 Å². The molecule has 1 saturated carbocycles. The molecule has 76 valence electrons. The Balaban J connectivity index is 2.34. The number of hydrogen-bond acceptors (Lipinski definition) is 2. The molecule has 0 saturated heterocycles. The summed E-state index contributed by atoms with van der Waals surface area (Å²) in [5, 5.41) is 8.82. The maximum Gasteiger partial charge on any atom is 0.307 e. The molecule has 13 heavy (non-hydrogen) atoms. The zero-order valence-corrected chi connectivity index (χ0v) is 8.66. The van der Waals surface area contributed by atoms with Crippen LogP contribution < -0.4 is 0 Å². The van der Waals surface area contributed by atoms with E-state index in [1.807, 2.05) is 14.0 Å². The highest BCUT2D eigenvalue weighted by Crippen LogP contribution is 2.30. The van der Waals surface area contributed by atoms with E-state index in [9.17, 15) is 4.79 Å². The van der Waals surface area contributed by atoms with Crippen molar-refractivity contribution in [3.8, 4) is 0 Å². The van der Waals surface area contributed by atoms with Crippen LogP contribution in [-0.2, 0) is 4.79 Å². The number of carboxylic acid groups (broad SMARTS) is 1. The van der Waals surface area contributed by atoms with Crippen molar-refractivity contribution in [2.45, 2.75) is 32.7 Å². The van der Waals surface area contributed by atoms with Crippen LogP contribution in [0.2, 0.25) is 0 Å². The van der Waals surface area contributed by atoms with E-state index in [1.165, 1.54) is 12.8 Å². The lowest BCUT2D eigenvalue weighted by Crippen LogP contribution is -2.38. The predicted octanol–water partition coefficient (Wildman–Crippen LogP) is 1.44. The molecule has 1 aliphatic rings. The van der Waals surface area contributed by atoms with E-state index in [0.717, 1.165) is 12.5 Å². The van der Waals surface area contributed by atoms with Gasteiger partial charge in [0, 0.05) is 12.6 Å². The summed E-state index contributed by atoms with van der Waals surface area (Å²) >= 11 is 0. The Hall–Kier alpha value is -0.570. The van der Waals surface area contributed by atoms with Crippen LogP contribution in [0.5, 0.6) is 0 Å². The summed E-state index contributed by atoms with van der Waals surface area (Å²) in [7, 11) is 2.02. The van der Waals surface area contributed by atoms with Crippen molar-refractivity contribution in [2.24, 2.45) is 11.8 Å². The standard InChI is InChI=1S/C10H19NO2/c1-7(10(12)13)8(2)11(3)6-9-4-5-9/h7-9H,4-6H2,1-3H3,(H,12,13). The molecule has 0 aromatic carbocycles. The first-order valence-corrected chi connectivity index (χ1v) is 4.95. The second-order valence-electron chi connectivity index (χ2n) is 4.25. The molecule has 2 unspecified atom stereocenters. The monoisotopic (exact) mass is 185 g/mol. The van der Waals surface area contributed by atoms with Gasteiger partial charge in [-0.1, -0.05) is 6.92 Å². The Morgan fingerprint density at radius 3 is 2.46 bits per heavy atom. The second kappa shape index (κ2) is 4.09. The van der Waals surface area contributed by atoms with Crippen LogP contribution in [0.1, 0.15) is 26.7 Å². The Kier molecular flexibility index (Phi) is 3.31. The Bertz CT molecular complexity index is 189. The van der Waals surface area contributed by atoms with Crippen LogP contribution in [-0.4, -0.2) is 35.6 Å². The van der Waals surface area contributed by atoms with E-state index in [-0.39, 0.29) is 12.0 Å². The minimum Gasteiger partial charge on any atom is -0.481 e. The molecule has 0 aliphatic heterocycles. The van der Waals surface area contributed by atoms with Gasteiger partial charge in [0.2, 0.25) is 0 Å². The van der Waals surface area contributed by atoms with Gasteiger partial charge >= 0.3 is 5.97 Å². The third-order valence-corrected chi connectivity index (χ3v) is 3.05. The highest BCUT2D eigenvalue weighted by atomic mass is 16.4. The summed E-state index contributed by atoms with van der Waals surface area (Å²) in [5.74, 6) is -0.146. The largest absolute Gasteiger partial charge is 0.481 e. The Morgan fingerprint density at radius 1 is 1.54 bits per heavy atom. The summed E-state index contributed by atoms with van der Waals surface area (Å²) in [4.78, 5) is 12.9. The van der Waals surface area contributed by atoms with Crippen molar-refractivity contribution >= 4 is 5.97 Å². The lowest BCUT2D eigenvalue weighted by Gasteiger charge is -2.27. The van der Waals surface area contributed by atoms with Crippen LogP contribution in [0.25, 0.3) is 0 Å². The topological polar surface area (TPSA) is 40.5 Å². The van der Waals surface area contributed by atoms with Gasteiger partial charge in [-0.25, -0.2) is 0 Å². The normalized spacial score (nSPS) is 21.5. The summed E-state index contributed by atoms with van der Waals surface area (Å²) < 4.78 is 0. The van der Waals surface area contributed by atoms with Crippen LogP contribution in [0.3, 0.4) is 0 Å². The fraction of sp³-hybridized carbons (Fsp3) is 0.900. The van der Waals surface area contributed by atoms with Gasteiger partial charge in [0.25, 0.3) is 0 Å². The molecule has 3 nitrogen and oxygen atoms in total. The third-order valence-electron chi connectivity index (χ3n) is 3.05. The van der Waals surface area contributed by atoms with Crippen LogP contribution in [0.15, 0.2) is 0 Å². The second-order valence-corrected chi connectivity index (χ2v) is 4.25. The average molecular weight is 185 g/mol. The lowest BCUT2D eigenvalue weighted by atomic mass is 10.0. The summed E-state index contributed by atoms with van der Waals surface area (Å²) in [6.07, 6.45) is 2.64. The molecule has 2 atom stereocenters. The van der Waals surface area contributed by atoms with Gasteiger partial charge in [-0.05, 0) is 32.7 Å². The predicted molar refractivity (Wildman–Crippen MR) is 51.6 cm³/mol. The summed E-state index contributed by atoms with van der Waals surface area (Å²) in [6.45, 7) is 4.82. The number of hydrogen-bond donors (Lipinski definition) is 1. The highest BCUT2D eigenvalue weighted by Gasteiger charge is 2.28. The summed E-state index contributed by atoms with van der Waals surface area (Å²) in [5.41, 5.74) is 0. The number of aliphatic carboxylic acids is 1. The van der Waals surface area contributed by atoms with Crippen LogP contribution in [0, 0.1) is 11.8 Å². The molecule has 0 aromatic rings. The fourth-order valence-corrected chi connectivity index (χ4v) is 1.46. The van der Waals surface area contributed by atoms with E-state index in [2.05, 4.69) is 4.90 Å². The molecule has 0 aromatic heterocycles. The van der Waals surface area contributed by atoms with Crippen molar-refractivity contribution in [1.82, 2.24) is 4.90 Å². The Labute approximate surface area is 79.7 Å². The molecule has 1 rings (SSSR count). The number of nitrogens with zero attached hydrogens (tertiary/aromatic N) is 1. The molecule has 0 bridgehead atoms. The van der Waals surface area contributed by atoms with Crippen molar-refractivity contribution in [3.63, 3.8) is 0 Å². The van der Waals surface area contributed by atoms with Gasteiger partial charge in [0.1, 0.15) is 0 Å². The van der Waals surface area contributed by atoms with E-state index < -0.39 is 5.97 Å². The molecule has 1 N–H and O–H groups in total. The molecule has 0 spiro atoms. The van der Waals surface area contributed by atoms with Gasteiger partial charge in [-0.15, -0.1) is 0 Å². The van der Waals surface area contributed by atoms with E-state index in [1.54, 1.807) is 6.92 Å². The zero-order valence-electron chi connectivity index (χ0n) is 8.66. The Morgan fingerprint density at radius 2 is 2.08 bits per heavy atom. The van der Waals surface area contributed by atoms with Gasteiger partial charge in [0.05, 0.1) is 5.92 Å². The van der Waals surface area contributed by atoms with Crippen molar-refractivity contribution in [1.29, 1.82) is 0 Å². The molecule has 3 heteroatoms. The highest BCUT2D eigenvalue weighted by molar-refractivity contribution is 5.70. The van der Waals surface area contributed by atoms with Gasteiger partial charge in [-0.2, -0.15) is 0 Å². The molecule has 0 radical (unpaired) electrons. The molecule has 1 fully saturated rings. The first kappa shape index (κ1) is 10.5. The first-order chi connectivity index (χ1) is 6.02. The van der Waals surface area contributed by atoms with Gasteiger partial charge in [-0.3, -0.25) is 4.79 Å². The maximum atomic E-state index is 10.7. The number of carboxylic acids is 1. The minimum atomic E-state index is -0.699. The van der Waals surface area contributed by atoms with E-state index in [0.29, 0.717) is 0 Å². The smallest absolute Gasteiger partial charge is 0.307 e. The maximum absolute atomic E-state index is 10.7. The molecular weight excluding hydrogens is 166 g/mol. The molecule has 1 aliphatic carbocycles. The summed E-state index contributed by atoms with van der Waals surface area (Å²) in [6, 6.07) is 0.137. The van der Waals surface area contributed by atoms with Gasteiger partial charge in [0.15, 0.2) is 0 Å². The molecule has 0 amide bonds. The average Bonchev–Trinajstić information content (AvgIpc) is 2.85. The minimum absolute atomic E-state index is 0.137. The van der Waals surface area contributed by atoms with Crippen molar-refractivity contribution in [2.75, 3.05) is 13.6 Å². The SMILES string of the molecule is CC(C(=O)O)C(C)N(C)CC1CC1. The number of rotatable bonds is 5. The molecule has 0 heterocycles. The van der Waals surface area contributed by atoms with E-state index >= 15 is 0 Å². The van der Waals surface area contributed by atoms with E-state index in [4.69, 9.17) is 5.11 Å².